The van der Waals surface area contributed by atoms with Gasteiger partial charge in [-0.2, -0.15) is 0 Å². The number of oxazole rings is 1. The molecule has 7 nitrogen and oxygen atoms in total. The van der Waals surface area contributed by atoms with Gasteiger partial charge in [0.1, 0.15) is 35.7 Å². The van der Waals surface area contributed by atoms with Crippen LogP contribution in [0.2, 0.25) is 0 Å². The highest BCUT2D eigenvalue weighted by atomic mass is 19.1. The minimum atomic E-state index is -0.971. The summed E-state index contributed by atoms with van der Waals surface area (Å²) in [5.41, 5.74) is 1.09. The Morgan fingerprint density at radius 1 is 1.24 bits per heavy atom. The minimum absolute atomic E-state index is 0.154. The van der Waals surface area contributed by atoms with Crippen molar-refractivity contribution in [3.63, 3.8) is 0 Å². The molecule has 1 N–H and O–H groups in total. The lowest BCUT2D eigenvalue weighted by molar-refractivity contribution is -0.150. The summed E-state index contributed by atoms with van der Waals surface area (Å²) >= 11 is 0. The number of ether oxygens (including phenoxy) is 1. The first-order chi connectivity index (χ1) is 16.2. The second-order valence-electron chi connectivity index (χ2n) is 8.97. The van der Waals surface area contributed by atoms with Gasteiger partial charge in [0, 0.05) is 12.1 Å². The SMILES string of the molecule is Cc1oc(-c2ccc(F)cc2)nc1COc1cccc(C(C)(C)C(=O)N2CCCC2C(=O)O)c1. The first-order valence-corrected chi connectivity index (χ1v) is 11.2. The Balaban J connectivity index is 1.48. The second kappa shape index (κ2) is 9.29. The van der Waals surface area contributed by atoms with E-state index in [1.54, 1.807) is 51.1 Å². The fourth-order valence-corrected chi connectivity index (χ4v) is 4.15. The van der Waals surface area contributed by atoms with Gasteiger partial charge < -0.3 is 19.2 Å². The number of likely N-dealkylation sites (tertiary alicyclic amines) is 1. The quantitative estimate of drug-likeness (QED) is 0.542. The molecule has 178 valence electrons. The number of hydrogen-bond donors (Lipinski definition) is 1. The summed E-state index contributed by atoms with van der Waals surface area (Å²) in [5, 5.41) is 9.46. The number of aryl methyl sites for hydroxylation is 1. The third-order valence-corrected chi connectivity index (χ3v) is 6.25. The van der Waals surface area contributed by atoms with Crippen LogP contribution in [-0.2, 0) is 21.6 Å². The van der Waals surface area contributed by atoms with Crippen LogP contribution >= 0.6 is 0 Å². The van der Waals surface area contributed by atoms with Gasteiger partial charge in [-0.25, -0.2) is 14.2 Å². The third-order valence-electron chi connectivity index (χ3n) is 6.25. The van der Waals surface area contributed by atoms with E-state index in [9.17, 15) is 19.1 Å². The molecule has 2 aromatic carbocycles. The third kappa shape index (κ3) is 4.66. The van der Waals surface area contributed by atoms with Gasteiger partial charge in [0.2, 0.25) is 11.8 Å². The molecule has 1 fully saturated rings. The molecule has 2 heterocycles. The van der Waals surface area contributed by atoms with Crippen LogP contribution in [-0.4, -0.2) is 39.5 Å². The van der Waals surface area contributed by atoms with E-state index in [2.05, 4.69) is 4.98 Å². The standard InChI is InChI=1S/C26H27FN2O5/c1-16-21(28-23(34-16)17-9-11-19(27)12-10-17)15-33-20-7-4-6-18(14-20)26(2,3)25(32)29-13-5-8-22(29)24(30)31/h4,6-7,9-12,14,22H,5,8,13,15H2,1-3H3,(H,30,31). The number of nitrogens with zero attached hydrogens (tertiary/aromatic N) is 2. The normalized spacial score (nSPS) is 16.0. The van der Waals surface area contributed by atoms with Crippen LogP contribution in [0.15, 0.2) is 52.9 Å². The molecule has 0 radical (unpaired) electrons. The van der Waals surface area contributed by atoms with E-state index in [0.717, 1.165) is 5.56 Å². The summed E-state index contributed by atoms with van der Waals surface area (Å²) in [6, 6.07) is 12.3. The molecule has 1 aliphatic heterocycles. The lowest BCUT2D eigenvalue weighted by Gasteiger charge is -2.32. The zero-order valence-electron chi connectivity index (χ0n) is 19.4. The lowest BCUT2D eigenvalue weighted by atomic mass is 9.83. The van der Waals surface area contributed by atoms with E-state index in [1.165, 1.54) is 17.0 Å². The molecular weight excluding hydrogens is 439 g/mol. The summed E-state index contributed by atoms with van der Waals surface area (Å²) in [7, 11) is 0. The molecule has 1 aliphatic rings. The van der Waals surface area contributed by atoms with Gasteiger partial charge in [0.25, 0.3) is 0 Å². The van der Waals surface area contributed by atoms with E-state index in [-0.39, 0.29) is 18.3 Å². The maximum Gasteiger partial charge on any atom is 0.326 e. The summed E-state index contributed by atoms with van der Waals surface area (Å²) < 4.78 is 24.8. The number of aliphatic carboxylic acids is 1. The Morgan fingerprint density at radius 3 is 2.68 bits per heavy atom. The number of rotatable bonds is 7. The van der Waals surface area contributed by atoms with Gasteiger partial charge >= 0.3 is 5.97 Å². The number of aromatic nitrogens is 1. The van der Waals surface area contributed by atoms with Crippen molar-refractivity contribution in [1.82, 2.24) is 9.88 Å². The molecule has 0 saturated carbocycles. The summed E-state index contributed by atoms with van der Waals surface area (Å²) in [5.74, 6) is 0.0165. The van der Waals surface area contributed by atoms with Gasteiger partial charge in [-0.1, -0.05) is 12.1 Å². The van der Waals surface area contributed by atoms with Crippen molar-refractivity contribution in [3.05, 3.63) is 71.4 Å². The number of halogens is 1. The highest BCUT2D eigenvalue weighted by Gasteiger charge is 2.41. The van der Waals surface area contributed by atoms with Crippen LogP contribution in [0.3, 0.4) is 0 Å². The molecule has 0 spiro atoms. The number of carbonyl (C=O) groups is 2. The minimum Gasteiger partial charge on any atom is -0.487 e. The van der Waals surface area contributed by atoms with Crippen molar-refractivity contribution in [2.75, 3.05) is 6.54 Å². The number of carboxylic acid groups (broad SMARTS) is 1. The fraction of sp³-hybridized carbons (Fsp3) is 0.346. The van der Waals surface area contributed by atoms with Crippen molar-refractivity contribution >= 4 is 11.9 Å². The number of hydrogen-bond acceptors (Lipinski definition) is 5. The summed E-state index contributed by atoms with van der Waals surface area (Å²) in [6.45, 7) is 5.97. The molecule has 8 heteroatoms. The predicted octanol–water partition coefficient (Wildman–Crippen LogP) is 4.72. The zero-order chi connectivity index (χ0) is 24.5. The van der Waals surface area contributed by atoms with Crippen molar-refractivity contribution < 1.29 is 28.2 Å². The monoisotopic (exact) mass is 466 g/mol. The molecule has 1 atom stereocenters. The second-order valence-corrected chi connectivity index (χ2v) is 8.97. The van der Waals surface area contributed by atoms with Crippen LogP contribution in [0.1, 0.15) is 43.7 Å². The van der Waals surface area contributed by atoms with E-state index in [4.69, 9.17) is 9.15 Å². The Labute approximate surface area is 197 Å². The Morgan fingerprint density at radius 2 is 1.97 bits per heavy atom. The van der Waals surface area contributed by atoms with E-state index >= 15 is 0 Å². The number of benzene rings is 2. The van der Waals surface area contributed by atoms with Crippen molar-refractivity contribution in [2.24, 2.45) is 0 Å². The van der Waals surface area contributed by atoms with Crippen LogP contribution in [0.4, 0.5) is 4.39 Å². The van der Waals surface area contributed by atoms with Crippen LogP contribution in [0, 0.1) is 12.7 Å². The largest absolute Gasteiger partial charge is 0.487 e. The predicted molar refractivity (Wildman–Crippen MR) is 123 cm³/mol. The van der Waals surface area contributed by atoms with Crippen LogP contribution in [0.5, 0.6) is 5.75 Å². The lowest BCUT2D eigenvalue weighted by Crippen LogP contribution is -2.48. The Kier molecular flexibility index (Phi) is 6.41. The van der Waals surface area contributed by atoms with Crippen LogP contribution < -0.4 is 4.74 Å². The molecule has 4 rings (SSSR count). The summed E-state index contributed by atoms with van der Waals surface area (Å²) in [6.07, 6.45) is 1.15. The van der Waals surface area contributed by atoms with Gasteiger partial charge in [0.15, 0.2) is 0 Å². The molecule has 1 saturated heterocycles. The maximum atomic E-state index is 13.3. The van der Waals surface area contributed by atoms with Gasteiger partial charge in [-0.3, -0.25) is 4.79 Å². The average molecular weight is 467 g/mol. The smallest absolute Gasteiger partial charge is 0.326 e. The highest BCUT2D eigenvalue weighted by molar-refractivity contribution is 5.91. The molecule has 3 aromatic rings. The molecule has 1 amide bonds. The molecule has 1 unspecified atom stereocenters. The van der Waals surface area contributed by atoms with E-state index < -0.39 is 17.4 Å². The zero-order valence-corrected chi connectivity index (χ0v) is 19.4. The Hall–Kier alpha value is -3.68. The first-order valence-electron chi connectivity index (χ1n) is 11.2. The molecule has 0 bridgehead atoms. The van der Waals surface area contributed by atoms with Gasteiger partial charge in [-0.15, -0.1) is 0 Å². The van der Waals surface area contributed by atoms with E-state index in [1.807, 2.05) is 6.07 Å². The molecular formula is C26H27FN2O5. The average Bonchev–Trinajstić information content (AvgIpc) is 3.45. The molecule has 0 aliphatic carbocycles. The van der Waals surface area contributed by atoms with Gasteiger partial charge in [-0.05, 0) is 75.6 Å². The number of carbonyl (C=O) groups excluding carboxylic acids is 1. The van der Waals surface area contributed by atoms with E-state index in [0.29, 0.717) is 48.0 Å². The topological polar surface area (TPSA) is 92.9 Å². The first kappa shape index (κ1) is 23.5. The number of amides is 1. The highest BCUT2D eigenvalue weighted by Crippen LogP contribution is 2.32. The maximum absolute atomic E-state index is 13.3. The molecule has 34 heavy (non-hydrogen) atoms. The van der Waals surface area contributed by atoms with Crippen molar-refractivity contribution in [2.45, 2.75) is 51.7 Å². The molecule has 1 aromatic heterocycles. The Bertz CT molecular complexity index is 1200. The number of carboxylic acids is 1. The van der Waals surface area contributed by atoms with Crippen LogP contribution in [0.25, 0.3) is 11.5 Å². The van der Waals surface area contributed by atoms with Crippen molar-refractivity contribution in [3.8, 4) is 17.2 Å². The van der Waals surface area contributed by atoms with Crippen molar-refractivity contribution in [1.29, 1.82) is 0 Å². The fourth-order valence-electron chi connectivity index (χ4n) is 4.15. The summed E-state index contributed by atoms with van der Waals surface area (Å²) in [4.78, 5) is 30.7. The van der Waals surface area contributed by atoms with Gasteiger partial charge in [0.05, 0.1) is 5.41 Å².